The fourth-order valence-electron chi connectivity index (χ4n) is 4.99. The van der Waals surface area contributed by atoms with E-state index in [1.165, 1.54) is 10.4 Å². The number of pyridine rings is 1. The molecule has 0 bridgehead atoms. The summed E-state index contributed by atoms with van der Waals surface area (Å²) in [5.74, 6) is -0.388. The SMILES string of the molecule is Cc1cnccc1-c1cccc([C@H](C)N(CCCCC(=O)NC[C@@H](O)[C@H](O)[C@@H](O)CCO)S(=O)(=O)c2cccc(Cl)c2C)c1. The van der Waals surface area contributed by atoms with Crippen molar-refractivity contribution in [1.29, 1.82) is 0 Å². The lowest BCUT2D eigenvalue weighted by Crippen LogP contribution is -2.44. The van der Waals surface area contributed by atoms with Crippen LogP contribution in [0.2, 0.25) is 5.02 Å². The molecule has 5 N–H and O–H groups in total. The third kappa shape index (κ3) is 9.07. The summed E-state index contributed by atoms with van der Waals surface area (Å²) in [5.41, 5.74) is 4.20. The Morgan fingerprint density at radius 1 is 1.05 bits per heavy atom. The third-order valence-electron chi connectivity index (χ3n) is 7.69. The first-order chi connectivity index (χ1) is 20.9. The lowest BCUT2D eigenvalue weighted by molar-refractivity contribution is -0.122. The van der Waals surface area contributed by atoms with Crippen molar-refractivity contribution in [3.63, 3.8) is 0 Å². The minimum absolute atomic E-state index is 0.0667. The van der Waals surface area contributed by atoms with Crippen LogP contribution >= 0.6 is 11.6 Å². The normalized spacial score (nSPS) is 14.7. The Morgan fingerprint density at radius 2 is 1.77 bits per heavy atom. The van der Waals surface area contributed by atoms with Gasteiger partial charge in [0.25, 0.3) is 0 Å². The molecule has 0 saturated heterocycles. The molecule has 3 aromatic rings. The Balaban J connectivity index is 1.76. The van der Waals surface area contributed by atoms with E-state index in [-0.39, 0.29) is 43.3 Å². The standard InChI is InChI=1S/C32H42ClN3O7S/c1-21-19-34-15-13-26(21)25-9-6-8-24(18-25)23(3)36(44(42,43)30-11-7-10-27(33)22(30)2)16-5-4-12-31(40)35-20-29(39)32(41)28(38)14-17-37/h6-11,13,15,18-19,23,28-29,32,37-39,41H,4-5,12,14,16-17,20H2,1-3H3,(H,35,40)/t23-,28-,29+,32+/m0/s1. The molecule has 240 valence electrons. The fraction of sp³-hybridized carbons (Fsp3) is 0.438. The number of rotatable bonds is 16. The fourth-order valence-corrected chi connectivity index (χ4v) is 7.12. The van der Waals surface area contributed by atoms with Crippen molar-refractivity contribution in [2.45, 2.75) is 75.7 Å². The Bertz CT molecular complexity index is 1500. The lowest BCUT2D eigenvalue weighted by atomic mass is 9.98. The van der Waals surface area contributed by atoms with Crippen LogP contribution < -0.4 is 5.32 Å². The molecule has 2 aromatic carbocycles. The Hall–Kier alpha value is -2.90. The van der Waals surface area contributed by atoms with E-state index in [4.69, 9.17) is 16.7 Å². The summed E-state index contributed by atoms with van der Waals surface area (Å²) in [7, 11) is -4.00. The Morgan fingerprint density at radius 3 is 2.48 bits per heavy atom. The van der Waals surface area contributed by atoms with Gasteiger partial charge in [0.15, 0.2) is 0 Å². The highest BCUT2D eigenvalue weighted by Crippen LogP contribution is 2.33. The second-order valence-electron chi connectivity index (χ2n) is 10.9. The number of halogens is 1. The Labute approximate surface area is 264 Å². The number of aliphatic hydroxyl groups is 4. The van der Waals surface area contributed by atoms with Crippen molar-refractivity contribution in [3.8, 4) is 11.1 Å². The van der Waals surface area contributed by atoms with Gasteiger partial charge in [0.05, 0.1) is 17.1 Å². The summed E-state index contributed by atoms with van der Waals surface area (Å²) in [6.45, 7) is 4.98. The van der Waals surface area contributed by atoms with E-state index < -0.39 is 34.4 Å². The van der Waals surface area contributed by atoms with Crippen LogP contribution in [0.3, 0.4) is 0 Å². The number of carbonyl (C=O) groups excluding carboxylic acids is 1. The van der Waals surface area contributed by atoms with E-state index in [9.17, 15) is 28.5 Å². The van der Waals surface area contributed by atoms with Gasteiger partial charge in [0.2, 0.25) is 15.9 Å². The van der Waals surface area contributed by atoms with Gasteiger partial charge >= 0.3 is 0 Å². The van der Waals surface area contributed by atoms with Gasteiger partial charge in [-0.25, -0.2) is 8.42 Å². The van der Waals surface area contributed by atoms with Gasteiger partial charge in [-0.2, -0.15) is 4.31 Å². The number of aliphatic hydroxyl groups excluding tert-OH is 4. The molecule has 0 aliphatic heterocycles. The highest BCUT2D eigenvalue weighted by Gasteiger charge is 2.31. The minimum Gasteiger partial charge on any atom is -0.396 e. The zero-order valence-corrected chi connectivity index (χ0v) is 26.8. The number of nitrogens with one attached hydrogen (secondary N) is 1. The highest BCUT2D eigenvalue weighted by molar-refractivity contribution is 7.89. The van der Waals surface area contributed by atoms with Crippen LogP contribution in [0.1, 0.15) is 55.3 Å². The number of hydrogen-bond acceptors (Lipinski definition) is 8. The lowest BCUT2D eigenvalue weighted by Gasteiger charge is -2.30. The van der Waals surface area contributed by atoms with Crippen molar-refractivity contribution in [3.05, 3.63) is 82.6 Å². The van der Waals surface area contributed by atoms with E-state index in [1.807, 2.05) is 44.2 Å². The van der Waals surface area contributed by atoms with E-state index in [2.05, 4.69) is 10.3 Å². The molecule has 0 radical (unpaired) electrons. The molecule has 0 saturated carbocycles. The van der Waals surface area contributed by atoms with Crippen LogP contribution in [-0.2, 0) is 14.8 Å². The molecule has 0 aliphatic carbocycles. The number of unbranched alkanes of at least 4 members (excludes halogenated alkanes) is 1. The molecule has 4 atom stereocenters. The molecule has 12 heteroatoms. The maximum Gasteiger partial charge on any atom is 0.243 e. The molecule has 44 heavy (non-hydrogen) atoms. The number of sulfonamides is 1. The molecular formula is C32H42ClN3O7S. The van der Waals surface area contributed by atoms with Gasteiger partial charge in [-0.1, -0.05) is 35.9 Å². The van der Waals surface area contributed by atoms with Gasteiger partial charge in [0.1, 0.15) is 6.10 Å². The van der Waals surface area contributed by atoms with Crippen molar-refractivity contribution >= 4 is 27.5 Å². The number of carbonyl (C=O) groups is 1. The maximum atomic E-state index is 14.1. The van der Waals surface area contributed by atoms with Crippen LogP contribution in [0.5, 0.6) is 0 Å². The van der Waals surface area contributed by atoms with E-state index in [0.717, 1.165) is 22.3 Å². The van der Waals surface area contributed by atoms with Crippen LogP contribution in [0.15, 0.2) is 65.8 Å². The van der Waals surface area contributed by atoms with Gasteiger partial charge < -0.3 is 25.7 Å². The molecule has 0 fully saturated rings. The highest BCUT2D eigenvalue weighted by atomic mass is 35.5. The second kappa shape index (κ2) is 16.4. The van der Waals surface area contributed by atoms with Gasteiger partial charge in [-0.05, 0) is 92.1 Å². The van der Waals surface area contributed by atoms with Gasteiger partial charge in [0, 0.05) is 49.6 Å². The van der Waals surface area contributed by atoms with Gasteiger partial charge in [-0.15, -0.1) is 0 Å². The smallest absolute Gasteiger partial charge is 0.243 e. The molecule has 1 amide bonds. The number of hydrogen-bond donors (Lipinski definition) is 5. The molecule has 0 unspecified atom stereocenters. The van der Waals surface area contributed by atoms with Gasteiger partial charge in [-0.3, -0.25) is 9.78 Å². The maximum absolute atomic E-state index is 14.1. The molecule has 3 rings (SSSR count). The molecule has 10 nitrogen and oxygen atoms in total. The Kier molecular flexibility index (Phi) is 13.3. The summed E-state index contributed by atoms with van der Waals surface area (Å²) in [6.07, 6.45) is -0.0430. The van der Waals surface area contributed by atoms with E-state index in [0.29, 0.717) is 23.4 Å². The largest absolute Gasteiger partial charge is 0.396 e. The molecule has 1 heterocycles. The van der Waals surface area contributed by atoms with Crippen LogP contribution in [-0.4, -0.2) is 82.0 Å². The molecule has 0 aliphatic rings. The quantitative estimate of drug-likeness (QED) is 0.148. The van der Waals surface area contributed by atoms with Crippen LogP contribution in [0.25, 0.3) is 11.1 Å². The zero-order chi connectivity index (χ0) is 32.4. The molecule has 0 spiro atoms. The number of amides is 1. The van der Waals surface area contributed by atoms with E-state index >= 15 is 0 Å². The average Bonchev–Trinajstić information content (AvgIpc) is 3.00. The number of benzene rings is 2. The van der Waals surface area contributed by atoms with Crippen LogP contribution in [0.4, 0.5) is 0 Å². The number of aromatic nitrogens is 1. The van der Waals surface area contributed by atoms with Crippen molar-refractivity contribution in [1.82, 2.24) is 14.6 Å². The van der Waals surface area contributed by atoms with Crippen molar-refractivity contribution in [2.24, 2.45) is 0 Å². The zero-order valence-electron chi connectivity index (χ0n) is 25.2. The average molecular weight is 648 g/mol. The monoisotopic (exact) mass is 647 g/mol. The van der Waals surface area contributed by atoms with Crippen LogP contribution in [0, 0.1) is 13.8 Å². The summed E-state index contributed by atoms with van der Waals surface area (Å²) in [6, 6.07) is 13.9. The summed E-state index contributed by atoms with van der Waals surface area (Å²) < 4.78 is 29.6. The molecular weight excluding hydrogens is 606 g/mol. The first-order valence-corrected chi connectivity index (χ1v) is 16.4. The number of nitrogens with zero attached hydrogens (tertiary/aromatic N) is 2. The third-order valence-corrected chi connectivity index (χ3v) is 10.2. The summed E-state index contributed by atoms with van der Waals surface area (Å²) >= 11 is 6.30. The topological polar surface area (TPSA) is 160 Å². The molecule has 1 aromatic heterocycles. The number of aryl methyl sites for hydroxylation is 1. The van der Waals surface area contributed by atoms with Crippen molar-refractivity contribution in [2.75, 3.05) is 19.7 Å². The predicted octanol–water partition coefficient (Wildman–Crippen LogP) is 3.52. The minimum atomic E-state index is -4.00. The first kappa shape index (κ1) is 35.6. The van der Waals surface area contributed by atoms with Crippen molar-refractivity contribution < 1.29 is 33.6 Å². The second-order valence-corrected chi connectivity index (χ2v) is 13.1. The summed E-state index contributed by atoms with van der Waals surface area (Å²) in [5, 5.41) is 41.4. The van der Waals surface area contributed by atoms with E-state index in [1.54, 1.807) is 31.5 Å². The first-order valence-electron chi connectivity index (χ1n) is 14.6. The predicted molar refractivity (Wildman–Crippen MR) is 169 cm³/mol. The summed E-state index contributed by atoms with van der Waals surface area (Å²) in [4.78, 5) is 16.7.